The number of nitrogens with zero attached hydrogens (tertiary/aromatic N) is 3. The molecule has 130 valence electrons. The zero-order chi connectivity index (χ0) is 17.2. The number of nitrogens with one attached hydrogen (secondary N) is 1. The molecule has 0 spiro atoms. The molecule has 0 saturated heterocycles. The molecule has 1 aliphatic rings. The maximum absolute atomic E-state index is 12.6. The lowest BCUT2D eigenvalue weighted by Gasteiger charge is -2.22. The highest BCUT2D eigenvalue weighted by Gasteiger charge is 2.15. The van der Waals surface area contributed by atoms with E-state index in [9.17, 15) is 4.79 Å². The van der Waals surface area contributed by atoms with Crippen molar-refractivity contribution in [3.63, 3.8) is 0 Å². The van der Waals surface area contributed by atoms with Crippen molar-refractivity contribution < 1.29 is 0 Å². The molecule has 2 aromatic heterocycles. The van der Waals surface area contributed by atoms with Gasteiger partial charge < -0.3 is 5.32 Å². The topological polar surface area (TPSA) is 59.8 Å². The summed E-state index contributed by atoms with van der Waals surface area (Å²) in [4.78, 5) is 22.5. The van der Waals surface area contributed by atoms with Gasteiger partial charge in [-0.05, 0) is 31.0 Å². The third kappa shape index (κ3) is 3.70. The van der Waals surface area contributed by atoms with Crippen LogP contribution in [-0.2, 0) is 6.54 Å². The lowest BCUT2D eigenvalue weighted by atomic mass is 9.96. The minimum absolute atomic E-state index is 0.0808. The summed E-state index contributed by atoms with van der Waals surface area (Å²) < 4.78 is 1.61. The van der Waals surface area contributed by atoms with Crippen molar-refractivity contribution in [2.45, 2.75) is 44.7 Å². The highest BCUT2D eigenvalue weighted by molar-refractivity contribution is 7.15. The Labute approximate surface area is 154 Å². The standard InChI is InChI=1S/C18H19ClN4OS/c19-12-6-7-16-15(8-12)17(24)23(11-21-16)10-14-9-20-18(25-14)22-13-4-2-1-3-5-13/h6-9,11,13H,1-5,10H2,(H,20,22). The molecule has 7 heteroatoms. The van der Waals surface area contributed by atoms with E-state index in [0.717, 1.165) is 10.0 Å². The molecule has 3 aromatic rings. The van der Waals surface area contributed by atoms with E-state index in [-0.39, 0.29) is 5.56 Å². The van der Waals surface area contributed by atoms with Crippen LogP contribution in [0.25, 0.3) is 10.9 Å². The Morgan fingerprint density at radius 3 is 2.92 bits per heavy atom. The Bertz CT molecular complexity index is 946. The fourth-order valence-corrected chi connectivity index (χ4v) is 4.34. The van der Waals surface area contributed by atoms with E-state index in [1.807, 2.05) is 6.20 Å². The maximum Gasteiger partial charge on any atom is 0.261 e. The minimum Gasteiger partial charge on any atom is -0.359 e. The van der Waals surface area contributed by atoms with Crippen LogP contribution in [0.4, 0.5) is 5.13 Å². The van der Waals surface area contributed by atoms with Crippen molar-refractivity contribution in [2.24, 2.45) is 0 Å². The van der Waals surface area contributed by atoms with E-state index >= 15 is 0 Å². The van der Waals surface area contributed by atoms with Gasteiger partial charge in [0.25, 0.3) is 5.56 Å². The summed E-state index contributed by atoms with van der Waals surface area (Å²) >= 11 is 7.61. The number of thiazole rings is 1. The predicted octanol–water partition coefficient (Wildman–Crippen LogP) is 4.30. The Morgan fingerprint density at radius 1 is 1.24 bits per heavy atom. The van der Waals surface area contributed by atoms with Crippen molar-refractivity contribution in [1.82, 2.24) is 14.5 Å². The van der Waals surface area contributed by atoms with Crippen molar-refractivity contribution in [2.75, 3.05) is 5.32 Å². The predicted molar refractivity (Wildman–Crippen MR) is 103 cm³/mol. The molecule has 1 saturated carbocycles. The summed E-state index contributed by atoms with van der Waals surface area (Å²) in [6.45, 7) is 0.471. The van der Waals surface area contributed by atoms with Crippen molar-refractivity contribution in [1.29, 1.82) is 0 Å². The maximum atomic E-state index is 12.6. The fraction of sp³-hybridized carbons (Fsp3) is 0.389. The van der Waals surface area contributed by atoms with Gasteiger partial charge in [0.05, 0.1) is 23.8 Å². The summed E-state index contributed by atoms with van der Waals surface area (Å²) in [5.41, 5.74) is 0.581. The molecule has 1 fully saturated rings. The van der Waals surface area contributed by atoms with Gasteiger partial charge in [-0.3, -0.25) is 9.36 Å². The molecular weight excluding hydrogens is 356 g/mol. The van der Waals surface area contributed by atoms with E-state index in [2.05, 4.69) is 15.3 Å². The molecule has 0 amide bonds. The van der Waals surface area contributed by atoms with Crippen molar-refractivity contribution in [3.05, 3.63) is 51.0 Å². The quantitative estimate of drug-likeness (QED) is 0.739. The molecular formula is C18H19ClN4OS. The molecule has 0 atom stereocenters. The van der Waals surface area contributed by atoms with Crippen LogP contribution in [0, 0.1) is 0 Å². The molecule has 4 rings (SSSR count). The molecule has 25 heavy (non-hydrogen) atoms. The number of benzene rings is 1. The molecule has 0 unspecified atom stereocenters. The van der Waals surface area contributed by atoms with Crippen LogP contribution in [0.2, 0.25) is 5.02 Å². The number of fused-ring (bicyclic) bond motifs is 1. The number of hydrogen-bond donors (Lipinski definition) is 1. The van der Waals surface area contributed by atoms with Crippen LogP contribution in [0.15, 0.2) is 35.5 Å². The van der Waals surface area contributed by atoms with E-state index < -0.39 is 0 Å². The Balaban J connectivity index is 1.53. The zero-order valence-corrected chi connectivity index (χ0v) is 15.3. The number of halogens is 1. The van der Waals surface area contributed by atoms with Crippen molar-refractivity contribution in [3.8, 4) is 0 Å². The van der Waals surface area contributed by atoms with Gasteiger partial charge in [0.15, 0.2) is 5.13 Å². The van der Waals surface area contributed by atoms with Gasteiger partial charge in [-0.15, -0.1) is 11.3 Å². The highest BCUT2D eigenvalue weighted by atomic mass is 35.5. The van der Waals surface area contributed by atoms with Gasteiger partial charge in [0.1, 0.15) is 0 Å². The van der Waals surface area contributed by atoms with Gasteiger partial charge in [-0.2, -0.15) is 0 Å². The summed E-state index contributed by atoms with van der Waals surface area (Å²) in [7, 11) is 0. The minimum atomic E-state index is -0.0808. The zero-order valence-electron chi connectivity index (χ0n) is 13.7. The van der Waals surface area contributed by atoms with E-state index in [1.54, 1.807) is 40.4 Å². The van der Waals surface area contributed by atoms with Gasteiger partial charge >= 0.3 is 0 Å². The van der Waals surface area contributed by atoms with Crippen LogP contribution >= 0.6 is 22.9 Å². The molecule has 0 radical (unpaired) electrons. The lowest BCUT2D eigenvalue weighted by molar-refractivity contribution is 0.462. The van der Waals surface area contributed by atoms with Gasteiger partial charge in [-0.1, -0.05) is 30.9 Å². The first-order valence-electron chi connectivity index (χ1n) is 8.55. The van der Waals surface area contributed by atoms with Crippen molar-refractivity contribution >= 4 is 39.0 Å². The van der Waals surface area contributed by atoms with E-state index in [1.165, 1.54) is 32.1 Å². The van der Waals surface area contributed by atoms with E-state index in [4.69, 9.17) is 11.6 Å². The first-order chi connectivity index (χ1) is 12.2. The molecule has 2 heterocycles. The third-order valence-corrected chi connectivity index (χ3v) is 5.75. The summed E-state index contributed by atoms with van der Waals surface area (Å²) in [6, 6.07) is 5.71. The smallest absolute Gasteiger partial charge is 0.261 e. The van der Waals surface area contributed by atoms with Crippen LogP contribution in [-0.4, -0.2) is 20.6 Å². The molecule has 0 bridgehead atoms. The van der Waals surface area contributed by atoms with Crippen LogP contribution in [0.5, 0.6) is 0 Å². The molecule has 1 aliphatic carbocycles. The third-order valence-electron chi connectivity index (χ3n) is 4.60. The van der Waals surface area contributed by atoms with Gasteiger partial charge in [0, 0.05) is 22.1 Å². The molecule has 0 aliphatic heterocycles. The summed E-state index contributed by atoms with van der Waals surface area (Å²) in [5, 5.41) is 5.55. The second-order valence-electron chi connectivity index (χ2n) is 6.45. The largest absolute Gasteiger partial charge is 0.359 e. The second kappa shape index (κ2) is 7.14. The first kappa shape index (κ1) is 16.5. The van der Waals surface area contributed by atoms with Crippen LogP contribution in [0.1, 0.15) is 37.0 Å². The van der Waals surface area contributed by atoms with Crippen LogP contribution < -0.4 is 10.9 Å². The van der Waals surface area contributed by atoms with E-state index in [0.29, 0.717) is 28.5 Å². The fourth-order valence-electron chi connectivity index (χ4n) is 3.28. The SMILES string of the molecule is O=c1c2cc(Cl)ccc2ncn1Cc1cnc(NC2CCCCC2)s1. The Kier molecular flexibility index (Phi) is 4.72. The normalized spacial score (nSPS) is 15.6. The number of rotatable bonds is 4. The Hall–Kier alpha value is -1.92. The monoisotopic (exact) mass is 374 g/mol. The first-order valence-corrected chi connectivity index (χ1v) is 9.74. The van der Waals surface area contributed by atoms with Gasteiger partial charge in [-0.25, -0.2) is 9.97 Å². The second-order valence-corrected chi connectivity index (χ2v) is 8.00. The van der Waals surface area contributed by atoms with Crippen LogP contribution in [0.3, 0.4) is 0 Å². The number of aromatic nitrogens is 3. The van der Waals surface area contributed by atoms with Gasteiger partial charge in [0.2, 0.25) is 0 Å². The number of hydrogen-bond acceptors (Lipinski definition) is 5. The molecule has 1 N–H and O–H groups in total. The molecule has 1 aromatic carbocycles. The Morgan fingerprint density at radius 2 is 2.08 bits per heavy atom. The molecule has 5 nitrogen and oxygen atoms in total. The average Bonchev–Trinajstić information content (AvgIpc) is 3.06. The summed E-state index contributed by atoms with van der Waals surface area (Å²) in [5.74, 6) is 0. The number of anilines is 1. The summed E-state index contributed by atoms with van der Waals surface area (Å²) in [6.07, 6.45) is 9.76. The highest BCUT2D eigenvalue weighted by Crippen LogP contribution is 2.25. The lowest BCUT2D eigenvalue weighted by Crippen LogP contribution is -2.22. The average molecular weight is 375 g/mol.